The summed E-state index contributed by atoms with van der Waals surface area (Å²) in [7, 11) is 0. The zero-order chi connectivity index (χ0) is 13.4. The van der Waals surface area contributed by atoms with Gasteiger partial charge in [-0.1, -0.05) is 12.1 Å². The molecule has 1 N–H and O–H groups in total. The second-order valence-corrected chi connectivity index (χ2v) is 4.42. The number of aromatic nitrogens is 2. The summed E-state index contributed by atoms with van der Waals surface area (Å²) in [5.74, 6) is -0.848. The van der Waals surface area contributed by atoms with E-state index in [-0.39, 0.29) is 11.3 Å². The van der Waals surface area contributed by atoms with Gasteiger partial charge in [0.2, 0.25) is 0 Å². The number of ketones is 1. The fourth-order valence-corrected chi connectivity index (χ4v) is 2.09. The zero-order valence-electron chi connectivity index (χ0n) is 10.3. The summed E-state index contributed by atoms with van der Waals surface area (Å²) in [5, 5.41) is 0.716. The van der Waals surface area contributed by atoms with Crippen LogP contribution in [0.3, 0.4) is 0 Å². The molecule has 2 aromatic heterocycles. The van der Waals surface area contributed by atoms with E-state index in [1.54, 1.807) is 24.5 Å². The van der Waals surface area contributed by atoms with Gasteiger partial charge in [0.05, 0.1) is 5.56 Å². The van der Waals surface area contributed by atoms with Crippen molar-refractivity contribution in [1.82, 2.24) is 9.97 Å². The van der Waals surface area contributed by atoms with E-state index >= 15 is 0 Å². The average molecular weight is 254 g/mol. The molecule has 0 saturated heterocycles. The predicted octanol–water partition coefficient (Wildman–Crippen LogP) is 3.24. The smallest absolute Gasteiger partial charge is 0.198 e. The number of carbonyl (C=O) groups excluding carboxylic acids is 1. The Labute approximate surface area is 109 Å². The molecule has 0 amide bonds. The molecule has 3 rings (SSSR count). The van der Waals surface area contributed by atoms with E-state index in [9.17, 15) is 9.18 Å². The highest BCUT2D eigenvalue weighted by Gasteiger charge is 2.17. The van der Waals surface area contributed by atoms with Crippen LogP contribution in [0, 0.1) is 12.7 Å². The van der Waals surface area contributed by atoms with Gasteiger partial charge in [-0.15, -0.1) is 0 Å². The molecule has 0 atom stereocenters. The first kappa shape index (κ1) is 11.6. The van der Waals surface area contributed by atoms with Gasteiger partial charge in [0.1, 0.15) is 11.5 Å². The van der Waals surface area contributed by atoms with Crippen molar-refractivity contribution in [2.45, 2.75) is 6.92 Å². The highest BCUT2D eigenvalue weighted by molar-refractivity contribution is 6.16. The summed E-state index contributed by atoms with van der Waals surface area (Å²) in [6.07, 6.45) is 3.29. The van der Waals surface area contributed by atoms with Crippen molar-refractivity contribution >= 4 is 16.8 Å². The Morgan fingerprint density at radius 1 is 1.26 bits per heavy atom. The summed E-state index contributed by atoms with van der Waals surface area (Å²) in [4.78, 5) is 19.5. The third-order valence-corrected chi connectivity index (χ3v) is 3.03. The number of nitrogens with zero attached hydrogens (tertiary/aromatic N) is 1. The van der Waals surface area contributed by atoms with E-state index in [1.807, 2.05) is 13.0 Å². The number of hydrogen-bond acceptors (Lipinski definition) is 2. The Hall–Kier alpha value is -2.49. The quantitative estimate of drug-likeness (QED) is 0.713. The number of rotatable bonds is 2. The van der Waals surface area contributed by atoms with Crippen molar-refractivity contribution in [1.29, 1.82) is 0 Å². The van der Waals surface area contributed by atoms with Crippen molar-refractivity contribution in [2.24, 2.45) is 0 Å². The lowest BCUT2D eigenvalue weighted by atomic mass is 10.0. The molecule has 19 heavy (non-hydrogen) atoms. The second-order valence-electron chi connectivity index (χ2n) is 4.42. The number of nitrogens with one attached hydrogen (secondary N) is 1. The monoisotopic (exact) mass is 254 g/mol. The third-order valence-electron chi connectivity index (χ3n) is 3.03. The fraction of sp³-hybridized carbons (Fsp3) is 0.0667. The Balaban J connectivity index is 2.17. The molecule has 0 bridgehead atoms. The number of carbonyl (C=O) groups is 1. The van der Waals surface area contributed by atoms with Crippen molar-refractivity contribution in [3.63, 3.8) is 0 Å². The van der Waals surface area contributed by atoms with Gasteiger partial charge in [-0.3, -0.25) is 4.79 Å². The van der Waals surface area contributed by atoms with Crippen LogP contribution >= 0.6 is 0 Å². The standard InChI is InChI=1S/C15H11FN2O/c1-9-6-11-12(8-18-15(11)17-7-9)14(19)10-4-2-3-5-13(10)16/h2-8H,1H3,(H,17,18). The van der Waals surface area contributed by atoms with E-state index in [0.29, 0.717) is 16.6 Å². The van der Waals surface area contributed by atoms with Gasteiger partial charge in [-0.2, -0.15) is 0 Å². The molecular weight excluding hydrogens is 243 g/mol. The first-order chi connectivity index (χ1) is 9.16. The number of hydrogen-bond donors (Lipinski definition) is 1. The van der Waals surface area contributed by atoms with Crippen LogP contribution in [0.5, 0.6) is 0 Å². The van der Waals surface area contributed by atoms with Crippen molar-refractivity contribution < 1.29 is 9.18 Å². The van der Waals surface area contributed by atoms with Crippen LogP contribution in [0.2, 0.25) is 0 Å². The van der Waals surface area contributed by atoms with Crippen molar-refractivity contribution in [2.75, 3.05) is 0 Å². The SMILES string of the molecule is Cc1cnc2[nH]cc(C(=O)c3ccccc3F)c2c1. The second kappa shape index (κ2) is 4.31. The number of aryl methyl sites for hydroxylation is 1. The van der Waals surface area contributed by atoms with E-state index in [4.69, 9.17) is 0 Å². The number of aromatic amines is 1. The molecule has 0 aliphatic heterocycles. The van der Waals surface area contributed by atoms with Gasteiger partial charge in [0, 0.05) is 23.3 Å². The van der Waals surface area contributed by atoms with Crippen LogP contribution in [-0.2, 0) is 0 Å². The molecule has 0 radical (unpaired) electrons. The predicted molar refractivity (Wildman–Crippen MR) is 70.7 cm³/mol. The summed E-state index contributed by atoms with van der Waals surface area (Å²) in [6, 6.07) is 7.85. The normalized spacial score (nSPS) is 10.8. The molecule has 0 aliphatic rings. The number of halogens is 1. The summed E-state index contributed by atoms with van der Waals surface area (Å²) < 4.78 is 13.7. The maximum absolute atomic E-state index is 13.7. The lowest BCUT2D eigenvalue weighted by molar-refractivity contribution is 0.103. The summed E-state index contributed by atoms with van der Waals surface area (Å²) >= 11 is 0. The van der Waals surface area contributed by atoms with Crippen LogP contribution in [0.4, 0.5) is 4.39 Å². The maximum Gasteiger partial charge on any atom is 0.198 e. The molecule has 94 valence electrons. The largest absolute Gasteiger partial charge is 0.345 e. The molecule has 0 fully saturated rings. The average Bonchev–Trinajstić information content (AvgIpc) is 2.81. The molecule has 2 heterocycles. The molecule has 1 aromatic carbocycles. The lowest BCUT2D eigenvalue weighted by Gasteiger charge is -2.01. The topological polar surface area (TPSA) is 45.8 Å². The Morgan fingerprint density at radius 3 is 2.84 bits per heavy atom. The van der Waals surface area contributed by atoms with Gasteiger partial charge >= 0.3 is 0 Å². The Kier molecular flexibility index (Phi) is 2.63. The van der Waals surface area contributed by atoms with E-state index < -0.39 is 5.82 Å². The van der Waals surface area contributed by atoms with Gasteiger partial charge in [0.25, 0.3) is 0 Å². The summed E-state index contributed by atoms with van der Waals surface area (Å²) in [5.41, 5.74) is 2.10. The molecule has 0 spiro atoms. The van der Waals surface area contributed by atoms with Gasteiger partial charge in [0.15, 0.2) is 5.78 Å². The first-order valence-electron chi connectivity index (χ1n) is 5.90. The van der Waals surface area contributed by atoms with Crippen molar-refractivity contribution in [3.8, 4) is 0 Å². The molecule has 3 aromatic rings. The van der Waals surface area contributed by atoms with Gasteiger partial charge in [-0.25, -0.2) is 9.37 Å². The van der Waals surface area contributed by atoms with E-state index in [1.165, 1.54) is 12.1 Å². The first-order valence-corrected chi connectivity index (χ1v) is 5.90. The molecular formula is C15H11FN2O. The highest BCUT2D eigenvalue weighted by Crippen LogP contribution is 2.21. The highest BCUT2D eigenvalue weighted by atomic mass is 19.1. The van der Waals surface area contributed by atoms with Crippen LogP contribution < -0.4 is 0 Å². The fourth-order valence-electron chi connectivity index (χ4n) is 2.09. The lowest BCUT2D eigenvalue weighted by Crippen LogP contribution is -2.03. The minimum Gasteiger partial charge on any atom is -0.345 e. The van der Waals surface area contributed by atoms with Crippen LogP contribution in [0.1, 0.15) is 21.5 Å². The minimum absolute atomic E-state index is 0.0740. The van der Waals surface area contributed by atoms with Crippen LogP contribution in [-0.4, -0.2) is 15.8 Å². The van der Waals surface area contributed by atoms with Crippen LogP contribution in [0.25, 0.3) is 11.0 Å². The third kappa shape index (κ3) is 1.91. The number of H-pyrrole nitrogens is 1. The number of benzene rings is 1. The molecule has 0 unspecified atom stereocenters. The Morgan fingerprint density at radius 2 is 2.05 bits per heavy atom. The Bertz CT molecular complexity index is 777. The molecule has 0 saturated carbocycles. The van der Waals surface area contributed by atoms with Crippen LogP contribution in [0.15, 0.2) is 42.7 Å². The maximum atomic E-state index is 13.7. The van der Waals surface area contributed by atoms with Crippen molar-refractivity contribution in [3.05, 3.63) is 65.2 Å². The molecule has 0 aliphatic carbocycles. The minimum atomic E-state index is -0.512. The van der Waals surface area contributed by atoms with Gasteiger partial charge < -0.3 is 4.98 Å². The molecule has 3 nitrogen and oxygen atoms in total. The summed E-state index contributed by atoms with van der Waals surface area (Å²) in [6.45, 7) is 1.90. The zero-order valence-corrected chi connectivity index (χ0v) is 10.3. The number of fused-ring (bicyclic) bond motifs is 1. The van der Waals surface area contributed by atoms with Gasteiger partial charge in [-0.05, 0) is 30.7 Å². The van der Waals surface area contributed by atoms with E-state index in [0.717, 1.165) is 5.56 Å². The molecule has 4 heteroatoms. The van der Waals surface area contributed by atoms with E-state index in [2.05, 4.69) is 9.97 Å². The number of pyridine rings is 1.